The van der Waals surface area contributed by atoms with Crippen molar-refractivity contribution in [2.24, 2.45) is 0 Å². The molecule has 0 bridgehead atoms. The normalized spacial score (nSPS) is 10.9. The first-order valence-electron chi connectivity index (χ1n) is 6.71. The predicted molar refractivity (Wildman–Crippen MR) is 80.2 cm³/mol. The zero-order chi connectivity index (χ0) is 16.0. The highest BCUT2D eigenvalue weighted by Gasteiger charge is 2.20. The molecule has 0 fully saturated rings. The summed E-state index contributed by atoms with van der Waals surface area (Å²) in [6.45, 7) is 5.41. The summed E-state index contributed by atoms with van der Waals surface area (Å²) in [5, 5.41) is 2.78. The van der Waals surface area contributed by atoms with Crippen LogP contribution in [0.25, 0.3) is 0 Å². The van der Waals surface area contributed by atoms with E-state index in [2.05, 4.69) is 5.32 Å². The molecule has 0 aliphatic carbocycles. The minimum Gasteiger partial charge on any atom is -0.494 e. The number of esters is 1. The van der Waals surface area contributed by atoms with E-state index >= 15 is 0 Å². The minimum absolute atomic E-state index is 0.194. The number of hydrogen-bond donors (Lipinski definition) is 2. The molecule has 0 saturated heterocycles. The lowest BCUT2D eigenvalue weighted by Crippen LogP contribution is -2.44. The highest BCUT2D eigenvalue weighted by Crippen LogP contribution is 2.26. The van der Waals surface area contributed by atoms with Crippen LogP contribution in [0.15, 0.2) is 18.2 Å². The van der Waals surface area contributed by atoms with Crippen LogP contribution in [0.1, 0.15) is 37.6 Å². The standard InChI is InChI=1S/C15H22N2O4/c1-5-15(2,3)17-12(18)9-21-14(19)10-7-6-8-11(16)13(10)20-4/h6-8H,5,9,16H2,1-4H3,(H,17,18). The van der Waals surface area contributed by atoms with Crippen LogP contribution in [0.2, 0.25) is 0 Å². The summed E-state index contributed by atoms with van der Waals surface area (Å²) in [4.78, 5) is 23.7. The predicted octanol–water partition coefficient (Wildman–Crippen LogP) is 1.74. The maximum absolute atomic E-state index is 12.0. The molecule has 3 N–H and O–H groups in total. The Balaban J connectivity index is 2.67. The lowest BCUT2D eigenvalue weighted by Gasteiger charge is -2.24. The summed E-state index contributed by atoms with van der Waals surface area (Å²) < 4.78 is 10.1. The number of carbonyl (C=O) groups excluding carboxylic acids is 2. The van der Waals surface area contributed by atoms with Crippen LogP contribution in [0.5, 0.6) is 5.75 Å². The summed E-state index contributed by atoms with van der Waals surface area (Å²) in [7, 11) is 1.42. The van der Waals surface area contributed by atoms with Gasteiger partial charge in [0, 0.05) is 5.54 Å². The van der Waals surface area contributed by atoms with E-state index in [1.165, 1.54) is 13.2 Å². The molecule has 6 heteroatoms. The molecule has 0 spiro atoms. The first kappa shape index (κ1) is 16.8. The average molecular weight is 294 g/mol. The van der Waals surface area contributed by atoms with E-state index in [4.69, 9.17) is 15.2 Å². The summed E-state index contributed by atoms with van der Waals surface area (Å²) in [5.41, 5.74) is 5.91. The molecule has 0 aliphatic rings. The SMILES string of the molecule is CCC(C)(C)NC(=O)COC(=O)c1cccc(N)c1OC. The van der Waals surface area contributed by atoms with Gasteiger partial charge in [0.2, 0.25) is 0 Å². The fraction of sp³-hybridized carbons (Fsp3) is 0.467. The summed E-state index contributed by atoms with van der Waals surface area (Å²) in [6.07, 6.45) is 0.774. The van der Waals surface area contributed by atoms with E-state index in [-0.39, 0.29) is 29.4 Å². The molecular weight excluding hydrogens is 272 g/mol. The number of nitrogens with one attached hydrogen (secondary N) is 1. The van der Waals surface area contributed by atoms with Crippen LogP contribution in [0.3, 0.4) is 0 Å². The zero-order valence-corrected chi connectivity index (χ0v) is 12.9. The van der Waals surface area contributed by atoms with Gasteiger partial charge < -0.3 is 20.5 Å². The molecule has 116 valence electrons. The van der Waals surface area contributed by atoms with E-state index in [0.717, 1.165) is 6.42 Å². The molecule has 0 atom stereocenters. The number of rotatable bonds is 6. The second-order valence-corrected chi connectivity index (χ2v) is 5.29. The van der Waals surface area contributed by atoms with Gasteiger partial charge in [-0.2, -0.15) is 0 Å². The maximum atomic E-state index is 12.0. The second-order valence-electron chi connectivity index (χ2n) is 5.29. The maximum Gasteiger partial charge on any atom is 0.342 e. The first-order valence-corrected chi connectivity index (χ1v) is 6.71. The molecule has 0 radical (unpaired) electrons. The molecule has 1 aromatic rings. The van der Waals surface area contributed by atoms with Gasteiger partial charge in [-0.25, -0.2) is 4.79 Å². The largest absolute Gasteiger partial charge is 0.494 e. The van der Waals surface area contributed by atoms with Crippen molar-refractivity contribution in [1.29, 1.82) is 0 Å². The van der Waals surface area contributed by atoms with Crippen LogP contribution in [-0.2, 0) is 9.53 Å². The molecule has 0 unspecified atom stereocenters. The Hall–Kier alpha value is -2.24. The lowest BCUT2D eigenvalue weighted by atomic mass is 10.0. The lowest BCUT2D eigenvalue weighted by molar-refractivity contribution is -0.125. The van der Waals surface area contributed by atoms with Crippen LogP contribution in [0, 0.1) is 0 Å². The Morgan fingerprint density at radius 1 is 1.33 bits per heavy atom. The molecule has 21 heavy (non-hydrogen) atoms. The van der Waals surface area contributed by atoms with Gasteiger partial charge in [-0.05, 0) is 32.4 Å². The van der Waals surface area contributed by atoms with Crippen LogP contribution < -0.4 is 15.8 Å². The molecule has 0 aromatic heterocycles. The van der Waals surface area contributed by atoms with Crippen LogP contribution >= 0.6 is 0 Å². The Morgan fingerprint density at radius 3 is 2.57 bits per heavy atom. The molecular formula is C15H22N2O4. The van der Waals surface area contributed by atoms with Crippen molar-refractivity contribution >= 4 is 17.6 Å². The number of nitrogen functional groups attached to an aromatic ring is 1. The van der Waals surface area contributed by atoms with E-state index < -0.39 is 5.97 Å². The van der Waals surface area contributed by atoms with E-state index in [1.54, 1.807) is 12.1 Å². The second kappa shape index (κ2) is 6.97. The van der Waals surface area contributed by atoms with E-state index in [9.17, 15) is 9.59 Å². The number of nitrogens with two attached hydrogens (primary N) is 1. The van der Waals surface area contributed by atoms with Gasteiger partial charge in [-0.3, -0.25) is 4.79 Å². The Bertz CT molecular complexity index is 526. The Labute approximate surface area is 124 Å². The van der Waals surface area contributed by atoms with Crippen molar-refractivity contribution in [1.82, 2.24) is 5.32 Å². The third-order valence-corrected chi connectivity index (χ3v) is 3.17. The molecule has 1 rings (SSSR count). The smallest absolute Gasteiger partial charge is 0.342 e. The monoisotopic (exact) mass is 294 g/mol. The molecule has 0 aliphatic heterocycles. The number of para-hydroxylation sites is 1. The van der Waals surface area contributed by atoms with Crippen molar-refractivity contribution in [3.63, 3.8) is 0 Å². The van der Waals surface area contributed by atoms with Gasteiger partial charge in [0.15, 0.2) is 12.4 Å². The fourth-order valence-electron chi connectivity index (χ4n) is 1.65. The average Bonchev–Trinajstić information content (AvgIpc) is 2.44. The fourth-order valence-corrected chi connectivity index (χ4v) is 1.65. The third kappa shape index (κ3) is 4.66. The molecule has 0 saturated carbocycles. The van der Waals surface area contributed by atoms with E-state index in [1.807, 2.05) is 20.8 Å². The van der Waals surface area contributed by atoms with Crippen molar-refractivity contribution in [2.75, 3.05) is 19.5 Å². The highest BCUT2D eigenvalue weighted by atomic mass is 16.5. The van der Waals surface area contributed by atoms with Crippen molar-refractivity contribution in [3.05, 3.63) is 23.8 Å². The molecule has 0 heterocycles. The number of methoxy groups -OCH3 is 1. The van der Waals surface area contributed by atoms with Crippen LogP contribution in [0.4, 0.5) is 5.69 Å². The van der Waals surface area contributed by atoms with Gasteiger partial charge in [-0.1, -0.05) is 13.0 Å². The van der Waals surface area contributed by atoms with Gasteiger partial charge in [0.1, 0.15) is 5.56 Å². The number of hydrogen-bond acceptors (Lipinski definition) is 5. The first-order chi connectivity index (χ1) is 9.80. The summed E-state index contributed by atoms with van der Waals surface area (Å²) in [6, 6.07) is 4.77. The summed E-state index contributed by atoms with van der Waals surface area (Å²) >= 11 is 0. The quantitative estimate of drug-likeness (QED) is 0.616. The summed E-state index contributed by atoms with van der Waals surface area (Å²) in [5.74, 6) is -0.751. The van der Waals surface area contributed by atoms with Crippen LogP contribution in [-0.4, -0.2) is 31.1 Å². The number of ether oxygens (including phenoxy) is 2. The van der Waals surface area contributed by atoms with Gasteiger partial charge in [0.25, 0.3) is 5.91 Å². The zero-order valence-electron chi connectivity index (χ0n) is 12.9. The highest BCUT2D eigenvalue weighted by molar-refractivity contribution is 5.95. The van der Waals surface area contributed by atoms with Gasteiger partial charge in [0.05, 0.1) is 12.8 Å². The topological polar surface area (TPSA) is 90.7 Å². The van der Waals surface area contributed by atoms with Crippen molar-refractivity contribution in [3.8, 4) is 5.75 Å². The molecule has 1 aromatic carbocycles. The van der Waals surface area contributed by atoms with Crippen molar-refractivity contribution in [2.45, 2.75) is 32.7 Å². The van der Waals surface area contributed by atoms with E-state index in [0.29, 0.717) is 5.69 Å². The number of benzene rings is 1. The molecule has 6 nitrogen and oxygen atoms in total. The van der Waals surface area contributed by atoms with Gasteiger partial charge in [-0.15, -0.1) is 0 Å². The van der Waals surface area contributed by atoms with Crippen molar-refractivity contribution < 1.29 is 19.1 Å². The number of amides is 1. The number of carbonyl (C=O) groups is 2. The van der Waals surface area contributed by atoms with Gasteiger partial charge >= 0.3 is 5.97 Å². The third-order valence-electron chi connectivity index (χ3n) is 3.17. The Morgan fingerprint density at radius 2 is 2.00 bits per heavy atom. The Kier molecular flexibility index (Phi) is 5.58. The number of anilines is 1. The minimum atomic E-state index is -0.649. The molecule has 1 amide bonds.